The summed E-state index contributed by atoms with van der Waals surface area (Å²) < 4.78 is 4.86. The molecule has 1 rings (SSSR count). The standard InChI is InChI=1S/C10H13NO2S/c1-4-13-10(12)7(2)5-9-6-11-8(3)14-9/h5-6H,4H2,1-3H3/b7-5+. The predicted molar refractivity (Wildman–Crippen MR) is 57.1 cm³/mol. The Kier molecular flexibility index (Phi) is 3.83. The van der Waals surface area contributed by atoms with Crippen molar-refractivity contribution in [3.05, 3.63) is 21.7 Å². The van der Waals surface area contributed by atoms with Gasteiger partial charge in [0.25, 0.3) is 0 Å². The van der Waals surface area contributed by atoms with Crippen LogP contribution in [-0.2, 0) is 9.53 Å². The molecule has 4 heteroatoms. The van der Waals surface area contributed by atoms with Gasteiger partial charge in [0.1, 0.15) is 0 Å². The number of nitrogens with zero attached hydrogens (tertiary/aromatic N) is 1. The smallest absolute Gasteiger partial charge is 0.333 e. The number of aromatic nitrogens is 1. The fourth-order valence-corrected chi connectivity index (χ4v) is 1.75. The van der Waals surface area contributed by atoms with Gasteiger partial charge in [-0.2, -0.15) is 0 Å². The molecule has 0 amide bonds. The summed E-state index contributed by atoms with van der Waals surface area (Å²) in [6.45, 7) is 5.88. The van der Waals surface area contributed by atoms with E-state index in [9.17, 15) is 4.79 Å². The van der Waals surface area contributed by atoms with Crippen LogP contribution < -0.4 is 0 Å². The molecule has 1 aromatic rings. The van der Waals surface area contributed by atoms with Crippen molar-refractivity contribution in [3.8, 4) is 0 Å². The summed E-state index contributed by atoms with van der Waals surface area (Å²) in [4.78, 5) is 16.3. The van der Waals surface area contributed by atoms with Crippen molar-refractivity contribution in [1.82, 2.24) is 4.98 Å². The lowest BCUT2D eigenvalue weighted by Gasteiger charge is -1.99. The summed E-state index contributed by atoms with van der Waals surface area (Å²) in [5.41, 5.74) is 0.607. The van der Waals surface area contributed by atoms with Crippen molar-refractivity contribution < 1.29 is 9.53 Å². The van der Waals surface area contributed by atoms with Crippen molar-refractivity contribution in [2.75, 3.05) is 6.61 Å². The van der Waals surface area contributed by atoms with E-state index in [1.165, 1.54) is 0 Å². The number of aryl methyl sites for hydroxylation is 1. The molecule has 0 aromatic carbocycles. The van der Waals surface area contributed by atoms with Crippen LogP contribution in [0.3, 0.4) is 0 Å². The van der Waals surface area contributed by atoms with Crippen LogP contribution in [0.1, 0.15) is 23.7 Å². The molecule has 76 valence electrons. The van der Waals surface area contributed by atoms with Crippen molar-refractivity contribution in [3.63, 3.8) is 0 Å². The molecule has 0 atom stereocenters. The van der Waals surface area contributed by atoms with Crippen LogP contribution in [0.25, 0.3) is 6.08 Å². The first-order valence-electron chi connectivity index (χ1n) is 4.41. The lowest BCUT2D eigenvalue weighted by Crippen LogP contribution is -2.04. The van der Waals surface area contributed by atoms with Crippen LogP contribution >= 0.6 is 11.3 Å². The monoisotopic (exact) mass is 211 g/mol. The van der Waals surface area contributed by atoms with E-state index in [0.29, 0.717) is 12.2 Å². The molecule has 0 fully saturated rings. The Morgan fingerprint density at radius 2 is 2.43 bits per heavy atom. The van der Waals surface area contributed by atoms with E-state index in [2.05, 4.69) is 4.98 Å². The maximum Gasteiger partial charge on any atom is 0.333 e. The number of ether oxygens (including phenoxy) is 1. The Bertz CT molecular complexity index is 355. The van der Waals surface area contributed by atoms with E-state index < -0.39 is 0 Å². The fourth-order valence-electron chi connectivity index (χ4n) is 0.962. The average Bonchev–Trinajstić information content (AvgIpc) is 2.51. The van der Waals surface area contributed by atoms with E-state index in [1.807, 2.05) is 6.92 Å². The van der Waals surface area contributed by atoms with Gasteiger partial charge >= 0.3 is 5.97 Å². The van der Waals surface area contributed by atoms with Gasteiger partial charge in [0.2, 0.25) is 0 Å². The minimum absolute atomic E-state index is 0.265. The molecule has 0 spiro atoms. The number of carbonyl (C=O) groups is 1. The summed E-state index contributed by atoms with van der Waals surface area (Å²) in [5.74, 6) is -0.265. The third-order valence-electron chi connectivity index (χ3n) is 1.60. The van der Waals surface area contributed by atoms with E-state index in [0.717, 1.165) is 9.88 Å². The molecule has 0 bridgehead atoms. The lowest BCUT2D eigenvalue weighted by atomic mass is 10.3. The van der Waals surface area contributed by atoms with Crippen molar-refractivity contribution >= 4 is 23.4 Å². The molecule has 1 heterocycles. The Morgan fingerprint density at radius 1 is 1.71 bits per heavy atom. The molecule has 0 N–H and O–H groups in total. The maximum absolute atomic E-state index is 11.2. The molecule has 0 saturated heterocycles. The number of rotatable bonds is 3. The predicted octanol–water partition coefficient (Wildman–Crippen LogP) is 2.42. The number of thiazole rings is 1. The summed E-state index contributed by atoms with van der Waals surface area (Å²) in [6, 6.07) is 0. The van der Waals surface area contributed by atoms with Gasteiger partial charge in [-0.3, -0.25) is 0 Å². The van der Waals surface area contributed by atoms with Gasteiger partial charge in [0.05, 0.1) is 11.6 Å². The lowest BCUT2D eigenvalue weighted by molar-refractivity contribution is -0.138. The minimum atomic E-state index is -0.265. The highest BCUT2D eigenvalue weighted by Crippen LogP contribution is 2.15. The van der Waals surface area contributed by atoms with Gasteiger partial charge in [-0.1, -0.05) is 0 Å². The molecule has 14 heavy (non-hydrogen) atoms. The number of esters is 1. The first-order chi connectivity index (χ1) is 6.63. The van der Waals surface area contributed by atoms with Gasteiger partial charge in [0, 0.05) is 16.6 Å². The topological polar surface area (TPSA) is 39.2 Å². The highest BCUT2D eigenvalue weighted by atomic mass is 32.1. The average molecular weight is 211 g/mol. The van der Waals surface area contributed by atoms with E-state index in [1.54, 1.807) is 37.5 Å². The molecular formula is C10H13NO2S. The van der Waals surface area contributed by atoms with Crippen molar-refractivity contribution in [2.45, 2.75) is 20.8 Å². The Balaban J connectivity index is 2.73. The number of carbonyl (C=O) groups excluding carboxylic acids is 1. The van der Waals surface area contributed by atoms with E-state index in [-0.39, 0.29) is 5.97 Å². The molecule has 0 saturated carbocycles. The van der Waals surface area contributed by atoms with Crippen LogP contribution in [0.4, 0.5) is 0 Å². The van der Waals surface area contributed by atoms with Gasteiger partial charge < -0.3 is 4.74 Å². The van der Waals surface area contributed by atoms with Gasteiger partial charge in [-0.25, -0.2) is 9.78 Å². The molecule has 0 aliphatic carbocycles. The van der Waals surface area contributed by atoms with Crippen LogP contribution in [0.2, 0.25) is 0 Å². The Morgan fingerprint density at radius 3 is 2.93 bits per heavy atom. The highest BCUT2D eigenvalue weighted by Gasteiger charge is 2.05. The second-order valence-electron chi connectivity index (χ2n) is 2.83. The first-order valence-corrected chi connectivity index (χ1v) is 5.23. The normalized spacial score (nSPS) is 11.5. The summed E-state index contributed by atoms with van der Waals surface area (Å²) >= 11 is 1.56. The van der Waals surface area contributed by atoms with Crippen LogP contribution in [0.5, 0.6) is 0 Å². The SMILES string of the molecule is CCOC(=O)/C(C)=C/c1cnc(C)s1. The zero-order valence-corrected chi connectivity index (χ0v) is 9.35. The van der Waals surface area contributed by atoms with E-state index >= 15 is 0 Å². The van der Waals surface area contributed by atoms with Gasteiger partial charge in [0.15, 0.2) is 0 Å². The second kappa shape index (κ2) is 4.91. The number of hydrogen-bond donors (Lipinski definition) is 0. The largest absolute Gasteiger partial charge is 0.463 e. The number of hydrogen-bond acceptors (Lipinski definition) is 4. The fraction of sp³-hybridized carbons (Fsp3) is 0.400. The Hall–Kier alpha value is -1.16. The van der Waals surface area contributed by atoms with Gasteiger partial charge in [-0.15, -0.1) is 11.3 Å². The summed E-state index contributed by atoms with van der Waals surface area (Å²) in [5, 5.41) is 0.993. The molecular weight excluding hydrogens is 198 g/mol. The quantitative estimate of drug-likeness (QED) is 0.569. The Labute approximate surface area is 87.4 Å². The van der Waals surface area contributed by atoms with E-state index in [4.69, 9.17) is 4.74 Å². The molecule has 0 radical (unpaired) electrons. The molecule has 0 aliphatic rings. The van der Waals surface area contributed by atoms with Crippen LogP contribution in [-0.4, -0.2) is 17.6 Å². The van der Waals surface area contributed by atoms with Gasteiger partial charge in [-0.05, 0) is 26.8 Å². The third-order valence-corrected chi connectivity index (χ3v) is 2.46. The highest BCUT2D eigenvalue weighted by molar-refractivity contribution is 7.12. The minimum Gasteiger partial charge on any atom is -0.463 e. The van der Waals surface area contributed by atoms with Crippen molar-refractivity contribution in [1.29, 1.82) is 0 Å². The third kappa shape index (κ3) is 2.96. The first kappa shape index (κ1) is 10.9. The zero-order chi connectivity index (χ0) is 10.6. The molecule has 0 unspecified atom stereocenters. The maximum atomic E-state index is 11.2. The molecule has 3 nitrogen and oxygen atoms in total. The molecule has 0 aliphatic heterocycles. The summed E-state index contributed by atoms with van der Waals surface area (Å²) in [6.07, 6.45) is 3.55. The van der Waals surface area contributed by atoms with Crippen molar-refractivity contribution in [2.24, 2.45) is 0 Å². The second-order valence-corrected chi connectivity index (χ2v) is 4.10. The molecule has 1 aromatic heterocycles. The van der Waals surface area contributed by atoms with Crippen LogP contribution in [0, 0.1) is 6.92 Å². The zero-order valence-electron chi connectivity index (χ0n) is 8.53. The van der Waals surface area contributed by atoms with Crippen LogP contribution in [0.15, 0.2) is 11.8 Å². The summed E-state index contributed by atoms with van der Waals surface area (Å²) in [7, 11) is 0.